The van der Waals surface area contributed by atoms with Gasteiger partial charge in [0.2, 0.25) is 0 Å². The molecule has 0 fully saturated rings. The minimum atomic E-state index is 0.0660. The highest BCUT2D eigenvalue weighted by Gasteiger charge is 1.80. The predicted molar refractivity (Wildman–Crippen MR) is 40.4 cm³/mol. The second-order valence-electron chi connectivity index (χ2n) is 1.84. The van der Waals surface area contributed by atoms with Crippen LogP contribution in [0.4, 0.5) is 0 Å². The van der Waals surface area contributed by atoms with Crippen molar-refractivity contribution in [2.45, 2.75) is 0 Å². The Morgan fingerprint density at radius 2 is 2.40 bits per heavy atom. The van der Waals surface area contributed by atoms with Gasteiger partial charge in [0, 0.05) is 6.20 Å². The Bertz CT molecular complexity index is 206. The molecule has 0 bridgehead atoms. The van der Waals surface area contributed by atoms with Crippen molar-refractivity contribution in [2.24, 2.45) is 0 Å². The van der Waals surface area contributed by atoms with E-state index in [1.54, 1.807) is 18.3 Å². The summed E-state index contributed by atoms with van der Waals surface area (Å²) < 4.78 is 0. The van der Waals surface area contributed by atoms with Crippen LogP contribution in [0.3, 0.4) is 0 Å². The van der Waals surface area contributed by atoms with Crippen LogP contribution in [-0.4, -0.2) is 16.7 Å². The Morgan fingerprint density at radius 3 is 3.00 bits per heavy atom. The third-order valence-corrected chi connectivity index (χ3v) is 1.08. The maximum absolute atomic E-state index is 8.41. The minimum absolute atomic E-state index is 0.0660. The lowest BCUT2D eigenvalue weighted by molar-refractivity contribution is 0.343. The first-order chi connectivity index (χ1) is 4.93. The van der Waals surface area contributed by atoms with Crippen LogP contribution >= 0.6 is 0 Å². The van der Waals surface area contributed by atoms with E-state index in [-0.39, 0.29) is 6.61 Å². The highest BCUT2D eigenvalue weighted by Crippen LogP contribution is 1.94. The van der Waals surface area contributed by atoms with Crippen molar-refractivity contribution in [2.75, 3.05) is 6.61 Å². The van der Waals surface area contributed by atoms with E-state index in [4.69, 9.17) is 5.11 Å². The quantitative estimate of drug-likeness (QED) is 0.658. The summed E-state index contributed by atoms with van der Waals surface area (Å²) >= 11 is 0. The molecule has 1 aromatic heterocycles. The van der Waals surface area contributed by atoms with Crippen molar-refractivity contribution in [3.05, 3.63) is 36.2 Å². The zero-order valence-electron chi connectivity index (χ0n) is 5.57. The van der Waals surface area contributed by atoms with Crippen LogP contribution in [0, 0.1) is 0 Å². The Labute approximate surface area is 59.9 Å². The van der Waals surface area contributed by atoms with Crippen molar-refractivity contribution in [1.82, 2.24) is 4.98 Å². The van der Waals surface area contributed by atoms with Crippen molar-refractivity contribution in [1.29, 1.82) is 0 Å². The fourth-order valence-corrected chi connectivity index (χ4v) is 0.648. The van der Waals surface area contributed by atoms with E-state index in [2.05, 4.69) is 4.98 Å². The molecule has 1 N–H and O–H groups in total. The van der Waals surface area contributed by atoms with E-state index in [1.807, 2.05) is 18.2 Å². The van der Waals surface area contributed by atoms with Crippen LogP contribution < -0.4 is 0 Å². The standard InChI is InChI=1S/C8H9NO/c10-7-3-5-8-4-1-2-6-9-8/h1-6,10H,7H2. The average Bonchev–Trinajstić information content (AvgIpc) is 2.03. The lowest BCUT2D eigenvalue weighted by Crippen LogP contribution is -1.77. The topological polar surface area (TPSA) is 33.1 Å². The van der Waals surface area contributed by atoms with Gasteiger partial charge < -0.3 is 5.11 Å². The van der Waals surface area contributed by atoms with E-state index >= 15 is 0 Å². The Hall–Kier alpha value is -1.15. The zero-order valence-corrected chi connectivity index (χ0v) is 5.57. The molecule has 1 heterocycles. The van der Waals surface area contributed by atoms with E-state index in [0.717, 1.165) is 5.69 Å². The summed E-state index contributed by atoms with van der Waals surface area (Å²) in [6.45, 7) is 0.0660. The summed E-state index contributed by atoms with van der Waals surface area (Å²) in [4.78, 5) is 4.02. The average molecular weight is 135 g/mol. The van der Waals surface area contributed by atoms with Crippen molar-refractivity contribution in [3.63, 3.8) is 0 Å². The van der Waals surface area contributed by atoms with Gasteiger partial charge in [-0.05, 0) is 18.2 Å². The van der Waals surface area contributed by atoms with Crippen molar-refractivity contribution < 1.29 is 5.11 Å². The molecule has 0 spiro atoms. The number of aromatic nitrogens is 1. The molecule has 1 rings (SSSR count). The van der Waals surface area contributed by atoms with Gasteiger partial charge in [-0.2, -0.15) is 0 Å². The molecule has 0 aliphatic carbocycles. The van der Waals surface area contributed by atoms with Gasteiger partial charge in [-0.25, -0.2) is 0 Å². The molecule has 2 heteroatoms. The molecule has 52 valence electrons. The summed E-state index contributed by atoms with van der Waals surface area (Å²) in [6.07, 6.45) is 5.15. The van der Waals surface area contributed by atoms with Crippen LogP contribution in [0.25, 0.3) is 6.08 Å². The number of aliphatic hydroxyl groups excluding tert-OH is 1. The number of hydrogen-bond acceptors (Lipinski definition) is 2. The maximum atomic E-state index is 8.41. The van der Waals surface area contributed by atoms with Crippen LogP contribution in [0.1, 0.15) is 5.69 Å². The van der Waals surface area contributed by atoms with Gasteiger partial charge in [0.15, 0.2) is 0 Å². The lowest BCUT2D eigenvalue weighted by Gasteiger charge is -1.87. The van der Waals surface area contributed by atoms with Crippen molar-refractivity contribution in [3.8, 4) is 0 Å². The SMILES string of the molecule is OCC=Cc1ccccn1. The maximum Gasteiger partial charge on any atom is 0.0627 e. The largest absolute Gasteiger partial charge is 0.392 e. The monoisotopic (exact) mass is 135 g/mol. The van der Waals surface area contributed by atoms with Crippen LogP contribution in [0.2, 0.25) is 0 Å². The normalized spacial score (nSPS) is 10.5. The Balaban J connectivity index is 2.67. The van der Waals surface area contributed by atoms with Gasteiger partial charge in [0.25, 0.3) is 0 Å². The molecule has 0 amide bonds. The van der Waals surface area contributed by atoms with E-state index in [9.17, 15) is 0 Å². The molecule has 0 aliphatic heterocycles. The third-order valence-electron chi connectivity index (χ3n) is 1.08. The molecule has 1 aromatic rings. The minimum Gasteiger partial charge on any atom is -0.392 e. The van der Waals surface area contributed by atoms with E-state index < -0.39 is 0 Å². The van der Waals surface area contributed by atoms with Crippen LogP contribution in [-0.2, 0) is 0 Å². The molecule has 10 heavy (non-hydrogen) atoms. The van der Waals surface area contributed by atoms with E-state index in [1.165, 1.54) is 0 Å². The third kappa shape index (κ3) is 1.99. The van der Waals surface area contributed by atoms with Gasteiger partial charge in [-0.3, -0.25) is 4.98 Å². The summed E-state index contributed by atoms with van der Waals surface area (Å²) in [5.74, 6) is 0. The molecule has 0 saturated heterocycles. The molecular weight excluding hydrogens is 126 g/mol. The number of aliphatic hydroxyl groups is 1. The number of hydrogen-bond donors (Lipinski definition) is 1. The van der Waals surface area contributed by atoms with Gasteiger partial charge in [0.05, 0.1) is 12.3 Å². The van der Waals surface area contributed by atoms with Gasteiger partial charge in [-0.1, -0.05) is 12.1 Å². The Kier molecular flexibility index (Phi) is 2.64. The first-order valence-electron chi connectivity index (χ1n) is 3.12. The first kappa shape index (κ1) is 6.96. The van der Waals surface area contributed by atoms with Gasteiger partial charge >= 0.3 is 0 Å². The number of rotatable bonds is 2. The predicted octanol–water partition coefficient (Wildman–Crippen LogP) is 1.09. The highest BCUT2D eigenvalue weighted by molar-refractivity contribution is 5.43. The summed E-state index contributed by atoms with van der Waals surface area (Å²) in [6, 6.07) is 5.65. The smallest absolute Gasteiger partial charge is 0.0627 e. The fourth-order valence-electron chi connectivity index (χ4n) is 0.648. The highest BCUT2D eigenvalue weighted by atomic mass is 16.2. The molecule has 2 nitrogen and oxygen atoms in total. The number of pyridine rings is 1. The second-order valence-corrected chi connectivity index (χ2v) is 1.84. The molecule has 0 aromatic carbocycles. The van der Waals surface area contributed by atoms with Gasteiger partial charge in [-0.15, -0.1) is 0 Å². The molecule has 0 radical (unpaired) electrons. The summed E-state index contributed by atoms with van der Waals surface area (Å²) in [5.41, 5.74) is 0.872. The molecule has 0 aliphatic rings. The zero-order chi connectivity index (χ0) is 7.23. The molecular formula is C8H9NO. The molecule has 0 saturated carbocycles. The van der Waals surface area contributed by atoms with Crippen LogP contribution in [0.15, 0.2) is 30.5 Å². The fraction of sp³-hybridized carbons (Fsp3) is 0.125. The first-order valence-corrected chi connectivity index (χ1v) is 3.12. The van der Waals surface area contributed by atoms with Crippen LogP contribution in [0.5, 0.6) is 0 Å². The lowest BCUT2D eigenvalue weighted by atomic mass is 10.3. The molecule has 0 atom stereocenters. The van der Waals surface area contributed by atoms with Crippen molar-refractivity contribution >= 4 is 6.08 Å². The van der Waals surface area contributed by atoms with Gasteiger partial charge in [0.1, 0.15) is 0 Å². The second kappa shape index (κ2) is 3.80. The summed E-state index contributed by atoms with van der Waals surface area (Å²) in [7, 11) is 0. The summed E-state index contributed by atoms with van der Waals surface area (Å²) in [5, 5.41) is 8.41. The van der Waals surface area contributed by atoms with E-state index in [0.29, 0.717) is 0 Å². The molecule has 0 unspecified atom stereocenters. The number of nitrogens with zero attached hydrogens (tertiary/aromatic N) is 1. The Morgan fingerprint density at radius 1 is 1.50 bits per heavy atom.